The third-order valence-electron chi connectivity index (χ3n) is 4.78. The van der Waals surface area contributed by atoms with Crippen LogP contribution in [0.1, 0.15) is 4.88 Å². The Balaban J connectivity index is 1.51. The van der Waals surface area contributed by atoms with E-state index in [4.69, 9.17) is 4.74 Å². The van der Waals surface area contributed by atoms with Crippen LogP contribution in [0.25, 0.3) is 0 Å². The number of nitrogens with zero attached hydrogens (tertiary/aromatic N) is 3. The fourth-order valence-corrected chi connectivity index (χ4v) is 4.04. The molecule has 1 saturated heterocycles. The van der Waals surface area contributed by atoms with Crippen molar-refractivity contribution in [3.05, 3.63) is 59.3 Å². The van der Waals surface area contributed by atoms with Crippen LogP contribution < -0.4 is 9.64 Å². The highest BCUT2D eigenvalue weighted by molar-refractivity contribution is 7.09. The van der Waals surface area contributed by atoms with Crippen molar-refractivity contribution in [1.82, 2.24) is 9.80 Å². The predicted octanol–water partition coefficient (Wildman–Crippen LogP) is 3.09. The predicted molar refractivity (Wildman–Crippen MR) is 112 cm³/mol. The van der Waals surface area contributed by atoms with E-state index in [1.807, 2.05) is 29.2 Å². The van der Waals surface area contributed by atoms with Gasteiger partial charge in [-0.3, -0.25) is 9.69 Å². The normalized spacial score (nSPS) is 14.4. The maximum Gasteiger partial charge on any atom is 0.236 e. The minimum atomic E-state index is 0.197. The Kier molecular flexibility index (Phi) is 6.90. The van der Waals surface area contributed by atoms with Crippen LogP contribution in [0.2, 0.25) is 0 Å². The number of hydrogen-bond donors (Lipinski definition) is 0. The molecule has 0 unspecified atom stereocenters. The summed E-state index contributed by atoms with van der Waals surface area (Å²) in [7, 11) is 1.67. The van der Waals surface area contributed by atoms with Crippen LogP contribution in [0, 0.1) is 0 Å². The van der Waals surface area contributed by atoms with Gasteiger partial charge in [-0.15, -0.1) is 17.9 Å². The van der Waals surface area contributed by atoms with Crippen LogP contribution in [-0.4, -0.2) is 62.1 Å². The number of hydrogen-bond acceptors (Lipinski definition) is 5. The molecule has 0 atom stereocenters. The third kappa shape index (κ3) is 5.34. The maximum absolute atomic E-state index is 12.8. The molecule has 3 rings (SSSR count). The van der Waals surface area contributed by atoms with Crippen LogP contribution in [0.3, 0.4) is 0 Å². The van der Waals surface area contributed by atoms with Crippen molar-refractivity contribution in [2.45, 2.75) is 6.54 Å². The van der Waals surface area contributed by atoms with Crippen molar-refractivity contribution in [2.75, 3.05) is 51.3 Å². The van der Waals surface area contributed by atoms with Gasteiger partial charge in [-0.05, 0) is 35.7 Å². The molecule has 5 nitrogen and oxygen atoms in total. The average molecular weight is 386 g/mol. The molecular weight excluding hydrogens is 358 g/mol. The van der Waals surface area contributed by atoms with Gasteiger partial charge in [0, 0.05) is 49.8 Å². The summed E-state index contributed by atoms with van der Waals surface area (Å²) in [4.78, 5) is 20.5. The number of anilines is 1. The number of ether oxygens (including phenoxy) is 1. The lowest BCUT2D eigenvalue weighted by atomic mass is 10.2. The van der Waals surface area contributed by atoms with E-state index >= 15 is 0 Å². The molecule has 144 valence electrons. The van der Waals surface area contributed by atoms with E-state index < -0.39 is 0 Å². The van der Waals surface area contributed by atoms with Gasteiger partial charge < -0.3 is 14.5 Å². The summed E-state index contributed by atoms with van der Waals surface area (Å²) in [5.74, 6) is 1.06. The summed E-state index contributed by atoms with van der Waals surface area (Å²) in [6, 6.07) is 12.3. The highest BCUT2D eigenvalue weighted by atomic mass is 32.1. The molecule has 0 bridgehead atoms. The van der Waals surface area contributed by atoms with Gasteiger partial charge in [0.1, 0.15) is 5.75 Å². The monoisotopic (exact) mass is 385 g/mol. The molecule has 1 aliphatic heterocycles. The zero-order valence-electron chi connectivity index (χ0n) is 15.8. The Morgan fingerprint density at radius 3 is 2.56 bits per heavy atom. The molecule has 1 amide bonds. The number of thiophene rings is 1. The van der Waals surface area contributed by atoms with Crippen molar-refractivity contribution < 1.29 is 9.53 Å². The molecule has 0 radical (unpaired) electrons. The standard InChI is InChI=1S/C21H27N3O2S/c1-3-10-22(16-20-5-4-15-27-20)17-21(25)24-13-11-23(12-14-24)18-6-8-19(26-2)9-7-18/h3-9,15H,1,10-14,16-17H2,2H3. The van der Waals surface area contributed by atoms with Crippen LogP contribution in [0.15, 0.2) is 54.4 Å². The van der Waals surface area contributed by atoms with Crippen LogP contribution >= 0.6 is 11.3 Å². The van der Waals surface area contributed by atoms with E-state index in [9.17, 15) is 4.79 Å². The van der Waals surface area contributed by atoms with Gasteiger partial charge in [-0.2, -0.15) is 0 Å². The summed E-state index contributed by atoms with van der Waals surface area (Å²) in [6.07, 6.45) is 1.86. The molecule has 0 spiro atoms. The number of piperazine rings is 1. The maximum atomic E-state index is 12.8. The summed E-state index contributed by atoms with van der Waals surface area (Å²) in [5.41, 5.74) is 1.17. The lowest BCUT2D eigenvalue weighted by molar-refractivity contribution is -0.132. The number of methoxy groups -OCH3 is 1. The molecule has 0 saturated carbocycles. The van der Waals surface area contributed by atoms with E-state index in [1.165, 1.54) is 10.6 Å². The highest BCUT2D eigenvalue weighted by Gasteiger charge is 2.23. The lowest BCUT2D eigenvalue weighted by Gasteiger charge is -2.37. The van der Waals surface area contributed by atoms with E-state index in [-0.39, 0.29) is 5.91 Å². The SMILES string of the molecule is C=CCN(CC(=O)N1CCN(c2ccc(OC)cc2)CC1)Cc1cccs1. The van der Waals surface area contributed by atoms with Gasteiger partial charge in [0.25, 0.3) is 0 Å². The molecule has 0 aliphatic carbocycles. The summed E-state index contributed by atoms with van der Waals surface area (Å²) >= 11 is 1.72. The van der Waals surface area contributed by atoms with E-state index in [0.717, 1.165) is 45.0 Å². The van der Waals surface area contributed by atoms with Crippen LogP contribution in [-0.2, 0) is 11.3 Å². The molecule has 2 heterocycles. The number of benzene rings is 1. The van der Waals surface area contributed by atoms with Crippen molar-refractivity contribution in [3.8, 4) is 5.75 Å². The first kappa shape index (κ1) is 19.5. The minimum Gasteiger partial charge on any atom is -0.497 e. The topological polar surface area (TPSA) is 36.0 Å². The molecule has 1 aromatic carbocycles. The second-order valence-corrected chi connectivity index (χ2v) is 7.64. The first-order chi connectivity index (χ1) is 13.2. The largest absolute Gasteiger partial charge is 0.497 e. The lowest BCUT2D eigenvalue weighted by Crippen LogP contribution is -2.51. The van der Waals surface area contributed by atoms with E-state index in [1.54, 1.807) is 18.4 Å². The van der Waals surface area contributed by atoms with Crippen molar-refractivity contribution >= 4 is 22.9 Å². The first-order valence-corrected chi connectivity index (χ1v) is 10.1. The Labute approximate surface area is 165 Å². The number of carbonyl (C=O) groups excluding carboxylic acids is 1. The fraction of sp³-hybridized carbons (Fsp3) is 0.381. The van der Waals surface area contributed by atoms with E-state index in [0.29, 0.717) is 6.54 Å². The molecule has 1 aliphatic rings. The van der Waals surface area contributed by atoms with Crippen LogP contribution in [0.5, 0.6) is 5.75 Å². The fourth-order valence-electron chi connectivity index (χ4n) is 3.29. The molecular formula is C21H27N3O2S. The first-order valence-electron chi connectivity index (χ1n) is 9.22. The summed E-state index contributed by atoms with van der Waals surface area (Å²) in [5, 5.41) is 2.07. The smallest absolute Gasteiger partial charge is 0.236 e. The van der Waals surface area contributed by atoms with Crippen LogP contribution in [0.4, 0.5) is 5.69 Å². The van der Waals surface area contributed by atoms with Crippen molar-refractivity contribution in [2.24, 2.45) is 0 Å². The van der Waals surface area contributed by atoms with Gasteiger partial charge in [0.05, 0.1) is 13.7 Å². The zero-order chi connectivity index (χ0) is 19.1. The number of carbonyl (C=O) groups is 1. The highest BCUT2D eigenvalue weighted by Crippen LogP contribution is 2.20. The Bertz CT molecular complexity index is 722. The van der Waals surface area contributed by atoms with Gasteiger partial charge in [-0.25, -0.2) is 0 Å². The Morgan fingerprint density at radius 1 is 1.22 bits per heavy atom. The molecule has 1 aromatic heterocycles. The quantitative estimate of drug-likeness (QED) is 0.654. The Morgan fingerprint density at radius 2 is 1.96 bits per heavy atom. The third-order valence-corrected chi connectivity index (χ3v) is 5.64. The number of amides is 1. The summed E-state index contributed by atoms with van der Waals surface area (Å²) < 4.78 is 5.22. The van der Waals surface area contributed by atoms with Crippen molar-refractivity contribution in [1.29, 1.82) is 0 Å². The van der Waals surface area contributed by atoms with Gasteiger partial charge >= 0.3 is 0 Å². The van der Waals surface area contributed by atoms with Gasteiger partial charge in [-0.1, -0.05) is 12.1 Å². The Hall–Kier alpha value is -2.31. The molecule has 1 fully saturated rings. The molecule has 27 heavy (non-hydrogen) atoms. The van der Waals surface area contributed by atoms with E-state index in [2.05, 4.69) is 40.0 Å². The number of rotatable bonds is 8. The minimum absolute atomic E-state index is 0.197. The molecule has 0 N–H and O–H groups in total. The second kappa shape index (κ2) is 9.58. The molecule has 6 heteroatoms. The zero-order valence-corrected chi connectivity index (χ0v) is 16.7. The second-order valence-electron chi connectivity index (χ2n) is 6.60. The van der Waals surface area contributed by atoms with Gasteiger partial charge in [0.15, 0.2) is 0 Å². The van der Waals surface area contributed by atoms with Crippen molar-refractivity contribution in [3.63, 3.8) is 0 Å². The average Bonchev–Trinajstić information content (AvgIpc) is 3.21. The van der Waals surface area contributed by atoms with Gasteiger partial charge in [0.2, 0.25) is 5.91 Å². The molecule has 2 aromatic rings. The summed E-state index contributed by atoms with van der Waals surface area (Å²) in [6.45, 7) is 8.99.